The average Bonchev–Trinajstić information content (AvgIpc) is 2.86. The minimum atomic E-state index is -3.52. The van der Waals surface area contributed by atoms with Crippen LogP contribution in [0.2, 0.25) is 0 Å². The zero-order valence-electron chi connectivity index (χ0n) is 12.7. The van der Waals surface area contributed by atoms with Gasteiger partial charge in [-0.3, -0.25) is 0 Å². The highest BCUT2D eigenvalue weighted by Gasteiger charge is 2.22. The Labute approximate surface area is 131 Å². The van der Waals surface area contributed by atoms with Crippen molar-refractivity contribution in [1.29, 1.82) is 0 Å². The summed E-state index contributed by atoms with van der Waals surface area (Å²) in [6.07, 6.45) is 0.854. The number of hydrogen-bond acceptors (Lipinski definition) is 3. The Morgan fingerprint density at radius 2 is 1.91 bits per heavy atom. The number of anilines is 1. The maximum atomic E-state index is 12.6. The molecule has 1 aliphatic heterocycles. The summed E-state index contributed by atoms with van der Waals surface area (Å²) in [4.78, 5) is 0.324. The number of rotatable bonds is 4. The number of benzene rings is 2. The van der Waals surface area contributed by atoms with Gasteiger partial charge in [-0.1, -0.05) is 30.3 Å². The van der Waals surface area contributed by atoms with Crippen molar-refractivity contribution in [3.63, 3.8) is 0 Å². The second-order valence-corrected chi connectivity index (χ2v) is 7.54. The summed E-state index contributed by atoms with van der Waals surface area (Å²) >= 11 is 0. The second-order valence-electron chi connectivity index (χ2n) is 5.82. The lowest BCUT2D eigenvalue weighted by Crippen LogP contribution is -2.26. The first-order chi connectivity index (χ1) is 10.5. The molecule has 0 radical (unpaired) electrons. The molecule has 2 aromatic rings. The minimum Gasteiger partial charge on any atom is -0.382 e. The summed E-state index contributed by atoms with van der Waals surface area (Å²) in [5.41, 5.74) is 3.04. The molecule has 2 unspecified atom stereocenters. The molecule has 0 spiro atoms. The van der Waals surface area contributed by atoms with Crippen LogP contribution in [0.4, 0.5) is 5.69 Å². The molecule has 2 atom stereocenters. The topological polar surface area (TPSA) is 58.2 Å². The van der Waals surface area contributed by atoms with E-state index in [2.05, 4.69) is 17.0 Å². The fraction of sp³-hybridized carbons (Fsp3) is 0.294. The van der Waals surface area contributed by atoms with Crippen molar-refractivity contribution in [1.82, 2.24) is 4.72 Å². The van der Waals surface area contributed by atoms with E-state index in [1.54, 1.807) is 12.1 Å². The van der Waals surface area contributed by atoms with Gasteiger partial charge in [-0.2, -0.15) is 0 Å². The maximum Gasteiger partial charge on any atom is 0.241 e. The summed E-state index contributed by atoms with van der Waals surface area (Å²) < 4.78 is 27.9. The van der Waals surface area contributed by atoms with E-state index in [-0.39, 0.29) is 6.04 Å². The molecule has 2 aromatic carbocycles. The molecule has 0 saturated carbocycles. The van der Waals surface area contributed by atoms with E-state index in [0.717, 1.165) is 23.2 Å². The van der Waals surface area contributed by atoms with Crippen molar-refractivity contribution in [3.05, 3.63) is 59.7 Å². The van der Waals surface area contributed by atoms with Crippen LogP contribution in [0.3, 0.4) is 0 Å². The third-order valence-electron chi connectivity index (χ3n) is 3.95. The van der Waals surface area contributed by atoms with E-state index in [1.165, 1.54) is 0 Å². The molecule has 1 aliphatic rings. The molecule has 0 aliphatic carbocycles. The molecule has 0 fully saturated rings. The van der Waals surface area contributed by atoms with Gasteiger partial charge >= 0.3 is 0 Å². The van der Waals surface area contributed by atoms with Crippen molar-refractivity contribution in [3.8, 4) is 0 Å². The molecule has 22 heavy (non-hydrogen) atoms. The van der Waals surface area contributed by atoms with Crippen molar-refractivity contribution in [2.45, 2.75) is 37.2 Å². The van der Waals surface area contributed by atoms with Gasteiger partial charge in [-0.05, 0) is 49.6 Å². The van der Waals surface area contributed by atoms with Crippen molar-refractivity contribution >= 4 is 15.7 Å². The number of sulfonamides is 1. The first-order valence-electron chi connectivity index (χ1n) is 7.42. The quantitative estimate of drug-likeness (QED) is 0.911. The van der Waals surface area contributed by atoms with Crippen LogP contribution >= 0.6 is 0 Å². The summed E-state index contributed by atoms with van der Waals surface area (Å²) in [5.74, 6) is 0. The van der Waals surface area contributed by atoms with E-state index in [9.17, 15) is 8.42 Å². The lowest BCUT2D eigenvalue weighted by molar-refractivity contribution is 0.567. The lowest BCUT2D eigenvalue weighted by atomic mass is 10.1. The molecule has 4 nitrogen and oxygen atoms in total. The Bertz CT molecular complexity index is 773. The Kier molecular flexibility index (Phi) is 3.93. The van der Waals surface area contributed by atoms with E-state index >= 15 is 0 Å². The first-order valence-corrected chi connectivity index (χ1v) is 8.91. The summed E-state index contributed by atoms with van der Waals surface area (Å²) in [6.45, 7) is 3.94. The van der Waals surface area contributed by atoms with Gasteiger partial charge in [0.25, 0.3) is 0 Å². The maximum absolute atomic E-state index is 12.6. The van der Waals surface area contributed by atoms with Crippen LogP contribution in [0.1, 0.15) is 31.0 Å². The largest absolute Gasteiger partial charge is 0.382 e. The smallest absolute Gasteiger partial charge is 0.241 e. The summed E-state index contributed by atoms with van der Waals surface area (Å²) in [7, 11) is -3.52. The molecule has 3 rings (SSSR count). The fourth-order valence-corrected chi connectivity index (χ4v) is 4.09. The summed E-state index contributed by atoms with van der Waals surface area (Å²) in [5, 5.41) is 3.33. The van der Waals surface area contributed by atoms with Crippen LogP contribution in [-0.2, 0) is 16.4 Å². The number of fused-ring (bicyclic) bond motifs is 1. The normalized spacial score (nSPS) is 18.5. The third-order valence-corrected chi connectivity index (χ3v) is 5.48. The van der Waals surface area contributed by atoms with Crippen LogP contribution in [0.5, 0.6) is 0 Å². The molecular weight excluding hydrogens is 296 g/mol. The van der Waals surface area contributed by atoms with Crippen molar-refractivity contribution < 1.29 is 8.42 Å². The van der Waals surface area contributed by atoms with Gasteiger partial charge in [-0.25, -0.2) is 13.1 Å². The molecule has 0 bridgehead atoms. The highest BCUT2D eigenvalue weighted by Crippen LogP contribution is 2.28. The highest BCUT2D eigenvalue weighted by atomic mass is 32.2. The molecule has 2 N–H and O–H groups in total. The Morgan fingerprint density at radius 3 is 2.64 bits per heavy atom. The van der Waals surface area contributed by atoms with Crippen LogP contribution in [-0.4, -0.2) is 14.5 Å². The Balaban J connectivity index is 1.83. The third kappa shape index (κ3) is 3.00. The monoisotopic (exact) mass is 316 g/mol. The van der Waals surface area contributed by atoms with Gasteiger partial charge in [-0.15, -0.1) is 0 Å². The SMILES string of the molecule is CC1Cc2cc(S(=O)(=O)NC(C)c3ccccc3)ccc2N1. The van der Waals surface area contributed by atoms with Crippen LogP contribution in [0.15, 0.2) is 53.4 Å². The minimum absolute atomic E-state index is 0.267. The van der Waals surface area contributed by atoms with Gasteiger partial charge in [0.2, 0.25) is 10.0 Å². The number of hydrogen-bond donors (Lipinski definition) is 2. The van der Waals surface area contributed by atoms with Crippen LogP contribution in [0, 0.1) is 0 Å². The van der Waals surface area contributed by atoms with Crippen molar-refractivity contribution in [2.75, 3.05) is 5.32 Å². The zero-order chi connectivity index (χ0) is 15.7. The predicted octanol–water partition coefficient (Wildman–Crippen LogP) is 3.08. The van der Waals surface area contributed by atoms with Gasteiger partial charge in [0.1, 0.15) is 0 Å². The lowest BCUT2D eigenvalue weighted by Gasteiger charge is -2.15. The highest BCUT2D eigenvalue weighted by molar-refractivity contribution is 7.89. The van der Waals surface area contributed by atoms with Gasteiger partial charge in [0.15, 0.2) is 0 Å². The molecule has 0 amide bonds. The van der Waals surface area contributed by atoms with E-state index in [0.29, 0.717) is 10.9 Å². The van der Waals surface area contributed by atoms with Crippen LogP contribution in [0.25, 0.3) is 0 Å². The number of nitrogens with one attached hydrogen (secondary N) is 2. The molecule has 5 heteroatoms. The fourth-order valence-electron chi connectivity index (χ4n) is 2.80. The molecule has 0 saturated heterocycles. The average molecular weight is 316 g/mol. The second kappa shape index (κ2) is 5.74. The molecular formula is C17H20N2O2S. The van der Waals surface area contributed by atoms with Gasteiger partial charge < -0.3 is 5.32 Å². The molecule has 0 aromatic heterocycles. The van der Waals surface area contributed by atoms with Gasteiger partial charge in [0, 0.05) is 17.8 Å². The Morgan fingerprint density at radius 1 is 1.18 bits per heavy atom. The molecule has 116 valence electrons. The molecule has 1 heterocycles. The van der Waals surface area contributed by atoms with Crippen LogP contribution < -0.4 is 10.0 Å². The zero-order valence-corrected chi connectivity index (χ0v) is 13.5. The van der Waals surface area contributed by atoms with Gasteiger partial charge in [0.05, 0.1) is 4.90 Å². The first kappa shape index (κ1) is 15.1. The Hall–Kier alpha value is -1.85. The van der Waals surface area contributed by atoms with E-state index < -0.39 is 10.0 Å². The standard InChI is InChI=1S/C17H20N2O2S/c1-12-10-15-11-16(8-9-17(15)18-12)22(20,21)19-13(2)14-6-4-3-5-7-14/h3-9,11-13,18-19H,10H2,1-2H3. The van der Waals surface area contributed by atoms with E-state index in [1.807, 2.05) is 43.3 Å². The predicted molar refractivity (Wildman–Crippen MR) is 88.4 cm³/mol. The van der Waals surface area contributed by atoms with E-state index in [4.69, 9.17) is 0 Å². The van der Waals surface area contributed by atoms with Crippen molar-refractivity contribution in [2.24, 2.45) is 0 Å². The summed E-state index contributed by atoms with van der Waals surface area (Å²) in [6, 6.07) is 14.9.